The van der Waals surface area contributed by atoms with Crippen molar-refractivity contribution < 1.29 is 9.47 Å². The van der Waals surface area contributed by atoms with E-state index in [2.05, 4.69) is 133 Å². The molecule has 39 heavy (non-hydrogen) atoms. The van der Waals surface area contributed by atoms with Gasteiger partial charge in [0.25, 0.3) is 0 Å². The molecule has 3 nitrogen and oxygen atoms in total. The van der Waals surface area contributed by atoms with Gasteiger partial charge in [0.15, 0.2) is 0 Å². The molecule has 0 bridgehead atoms. The molecule has 0 spiro atoms. The highest BCUT2D eigenvalue weighted by Gasteiger charge is 2.34. The van der Waals surface area contributed by atoms with Crippen molar-refractivity contribution in [2.75, 3.05) is 17.4 Å². The molecule has 0 atom stereocenters. The van der Waals surface area contributed by atoms with Crippen LogP contribution in [0.15, 0.2) is 137 Å². The number of anilines is 2. The molecule has 6 rings (SSSR count). The Morgan fingerprint density at radius 1 is 0.513 bits per heavy atom. The summed E-state index contributed by atoms with van der Waals surface area (Å²) < 4.78 is 12.5. The lowest BCUT2D eigenvalue weighted by Gasteiger charge is -2.45. The Labute approximate surface area is 233 Å². The minimum absolute atomic E-state index is 0.553. The monoisotopic (exact) mass is 531 g/mol. The first-order valence-electron chi connectivity index (χ1n) is 13.2. The van der Waals surface area contributed by atoms with Gasteiger partial charge in [0, 0.05) is 16.3 Å². The summed E-state index contributed by atoms with van der Waals surface area (Å²) >= 11 is 0. The van der Waals surface area contributed by atoms with E-state index in [1.165, 1.54) is 26.7 Å². The van der Waals surface area contributed by atoms with E-state index in [4.69, 9.17) is 9.47 Å². The molecule has 0 aliphatic carbocycles. The molecule has 0 saturated carbocycles. The third-order valence-corrected chi connectivity index (χ3v) is 10.1. The number of nitrogens with zero attached hydrogens (tertiary/aromatic N) is 1. The maximum atomic E-state index is 6.27. The Kier molecular flexibility index (Phi) is 7.04. The van der Waals surface area contributed by atoms with Crippen LogP contribution in [0.3, 0.4) is 0 Å². The van der Waals surface area contributed by atoms with Crippen LogP contribution < -0.4 is 14.4 Å². The molecule has 5 aromatic carbocycles. The van der Waals surface area contributed by atoms with Crippen molar-refractivity contribution in [3.05, 3.63) is 144 Å². The van der Waals surface area contributed by atoms with Crippen LogP contribution in [0.4, 0.5) is 11.4 Å². The molecular formula is C35H33NO2S. The van der Waals surface area contributed by atoms with Gasteiger partial charge in [0.1, 0.15) is 24.7 Å². The number of hydrogen-bond donors (Lipinski definition) is 0. The third kappa shape index (κ3) is 5.39. The van der Waals surface area contributed by atoms with E-state index in [1.807, 2.05) is 12.1 Å². The van der Waals surface area contributed by atoms with Gasteiger partial charge in [-0.15, -0.1) is 0 Å². The van der Waals surface area contributed by atoms with Gasteiger partial charge >= 0.3 is 0 Å². The highest BCUT2D eigenvalue weighted by molar-refractivity contribution is 8.33. The normalized spacial score (nSPS) is 14.2. The second-order valence-electron chi connectivity index (χ2n) is 10.2. The second kappa shape index (κ2) is 10.9. The molecule has 1 heterocycles. The first kappa shape index (κ1) is 25.1. The van der Waals surface area contributed by atoms with Crippen LogP contribution in [0.5, 0.6) is 11.5 Å². The molecular weight excluding hydrogens is 498 g/mol. The van der Waals surface area contributed by atoms with Crippen LogP contribution in [0, 0.1) is 0 Å². The first-order valence-corrected chi connectivity index (χ1v) is 15.7. The highest BCUT2D eigenvalue weighted by atomic mass is 32.3. The predicted molar refractivity (Wildman–Crippen MR) is 163 cm³/mol. The van der Waals surface area contributed by atoms with Gasteiger partial charge in [-0.25, -0.2) is 0 Å². The van der Waals surface area contributed by atoms with E-state index in [0.717, 1.165) is 29.2 Å². The summed E-state index contributed by atoms with van der Waals surface area (Å²) in [6.07, 6.45) is 4.76. The van der Waals surface area contributed by atoms with Crippen LogP contribution in [0.25, 0.3) is 0 Å². The molecule has 0 saturated heterocycles. The van der Waals surface area contributed by atoms with Crippen molar-refractivity contribution in [3.8, 4) is 11.5 Å². The topological polar surface area (TPSA) is 21.7 Å². The maximum absolute atomic E-state index is 6.27. The van der Waals surface area contributed by atoms with Gasteiger partial charge in [-0.1, -0.05) is 91.0 Å². The van der Waals surface area contributed by atoms with Crippen molar-refractivity contribution in [1.29, 1.82) is 0 Å². The summed E-state index contributed by atoms with van der Waals surface area (Å²) in [7, 11) is -1.34. The van der Waals surface area contributed by atoms with Crippen molar-refractivity contribution in [1.82, 2.24) is 0 Å². The molecule has 1 aliphatic heterocycles. The Balaban J connectivity index is 1.36. The van der Waals surface area contributed by atoms with E-state index in [0.29, 0.717) is 13.2 Å². The quantitative estimate of drug-likeness (QED) is 0.199. The molecule has 0 unspecified atom stereocenters. The summed E-state index contributed by atoms with van der Waals surface area (Å²) in [6, 6.07) is 44.5. The van der Waals surface area contributed by atoms with E-state index in [-0.39, 0.29) is 0 Å². The second-order valence-corrected chi connectivity index (χ2v) is 13.7. The van der Waals surface area contributed by atoms with Crippen molar-refractivity contribution in [2.24, 2.45) is 0 Å². The predicted octanol–water partition coefficient (Wildman–Crippen LogP) is 8.98. The standard InChI is InChI=1S/C35H33NO2S/c1-39(2)34-22-30(37-25-28-14-8-4-9-15-28)18-20-32(34)36(24-27-12-6-3-7-13-27)33-21-19-31(23-35(33)39)38-26-29-16-10-5-11-17-29/h3-23H,24-26H2,1-2H3. The van der Waals surface area contributed by atoms with Gasteiger partial charge in [-0.05, 0) is 65.6 Å². The lowest BCUT2D eigenvalue weighted by atomic mass is 10.1. The van der Waals surface area contributed by atoms with E-state index in [9.17, 15) is 0 Å². The Bertz CT molecular complexity index is 1460. The van der Waals surface area contributed by atoms with Crippen LogP contribution >= 0.6 is 10.0 Å². The van der Waals surface area contributed by atoms with Gasteiger partial charge in [0.05, 0.1) is 11.4 Å². The minimum atomic E-state index is -1.34. The number of hydrogen-bond acceptors (Lipinski definition) is 3. The van der Waals surface area contributed by atoms with Crippen LogP contribution in [0.2, 0.25) is 0 Å². The van der Waals surface area contributed by atoms with Gasteiger partial charge in [-0.3, -0.25) is 0 Å². The SMILES string of the molecule is CS1(C)c2cc(OCc3ccccc3)ccc2N(Cc2ccccc2)c2ccc(OCc3ccccc3)cc21. The summed E-state index contributed by atoms with van der Waals surface area (Å²) in [6.45, 7) is 1.90. The number of fused-ring (bicyclic) bond motifs is 2. The molecule has 0 radical (unpaired) electrons. The van der Waals surface area contributed by atoms with Gasteiger partial charge in [0.2, 0.25) is 0 Å². The zero-order valence-electron chi connectivity index (χ0n) is 22.4. The van der Waals surface area contributed by atoms with E-state index < -0.39 is 10.0 Å². The molecule has 0 N–H and O–H groups in total. The van der Waals surface area contributed by atoms with Gasteiger partial charge < -0.3 is 14.4 Å². The third-order valence-electron chi connectivity index (χ3n) is 7.22. The molecule has 4 heteroatoms. The van der Waals surface area contributed by atoms with Crippen LogP contribution in [-0.2, 0) is 19.8 Å². The number of benzene rings is 5. The molecule has 196 valence electrons. The number of ether oxygens (including phenoxy) is 2. The molecule has 5 aromatic rings. The van der Waals surface area contributed by atoms with Crippen LogP contribution in [0.1, 0.15) is 16.7 Å². The fraction of sp³-hybridized carbons (Fsp3) is 0.143. The van der Waals surface area contributed by atoms with Gasteiger partial charge in [-0.2, -0.15) is 10.0 Å². The summed E-state index contributed by atoms with van der Waals surface area (Å²) in [5, 5.41) is 0. The maximum Gasteiger partial charge on any atom is 0.121 e. The molecule has 0 aromatic heterocycles. The molecule has 0 amide bonds. The fourth-order valence-electron chi connectivity index (χ4n) is 5.10. The summed E-state index contributed by atoms with van der Waals surface area (Å²) in [5.41, 5.74) is 6.10. The van der Waals surface area contributed by atoms with Crippen molar-refractivity contribution in [2.45, 2.75) is 29.5 Å². The van der Waals surface area contributed by atoms with Crippen LogP contribution in [-0.4, -0.2) is 12.5 Å². The Morgan fingerprint density at radius 3 is 1.36 bits per heavy atom. The lowest BCUT2D eigenvalue weighted by molar-refractivity contribution is 0.305. The van der Waals surface area contributed by atoms with E-state index >= 15 is 0 Å². The summed E-state index contributed by atoms with van der Waals surface area (Å²) in [4.78, 5) is 5.11. The highest BCUT2D eigenvalue weighted by Crippen LogP contribution is 2.67. The molecule has 0 fully saturated rings. The average Bonchev–Trinajstić information content (AvgIpc) is 2.99. The summed E-state index contributed by atoms with van der Waals surface area (Å²) in [5.74, 6) is 1.80. The van der Waals surface area contributed by atoms with Crippen molar-refractivity contribution in [3.63, 3.8) is 0 Å². The minimum Gasteiger partial charge on any atom is -0.489 e. The largest absolute Gasteiger partial charge is 0.489 e. The zero-order chi connectivity index (χ0) is 26.7. The van der Waals surface area contributed by atoms with E-state index in [1.54, 1.807) is 0 Å². The number of rotatable bonds is 8. The fourth-order valence-corrected chi connectivity index (χ4v) is 7.56. The smallest absolute Gasteiger partial charge is 0.121 e. The average molecular weight is 532 g/mol. The van der Waals surface area contributed by atoms with Crippen molar-refractivity contribution >= 4 is 21.4 Å². The lowest BCUT2D eigenvalue weighted by Crippen LogP contribution is -2.24. The Morgan fingerprint density at radius 2 is 0.923 bits per heavy atom. The Hall–Kier alpha value is -4.15. The molecule has 1 aliphatic rings. The first-order chi connectivity index (χ1) is 19.1. The zero-order valence-corrected chi connectivity index (χ0v) is 23.2.